The lowest BCUT2D eigenvalue weighted by Gasteiger charge is -2.37. The van der Waals surface area contributed by atoms with E-state index in [1.807, 2.05) is 67.6 Å². The first-order valence-corrected chi connectivity index (χ1v) is 11.6. The SMILES string of the molecule is C.CSc1cccc2c1C(=O)N(c1ccc3c(n1)N(C)[C@H](C)C(=O)N3C)C2c1cccnc1. The standard InChI is InChI=1S/C24H23N5O2S.CH4/c1-14-23(30)28(3)17-10-11-19(26-22(17)27(14)2)29-21(15-7-6-12-25-13-15)16-8-5-9-18(32-4)20(16)24(29)31;/h5-14,21H,1-4H3;1H4/t14-,21?;/m1./s1. The number of pyridine rings is 2. The van der Waals surface area contributed by atoms with Crippen molar-refractivity contribution in [3.8, 4) is 0 Å². The van der Waals surface area contributed by atoms with Gasteiger partial charge in [-0.15, -0.1) is 11.8 Å². The van der Waals surface area contributed by atoms with E-state index in [-0.39, 0.29) is 31.3 Å². The highest BCUT2D eigenvalue weighted by Crippen LogP contribution is 2.45. The second-order valence-electron chi connectivity index (χ2n) is 7.98. The minimum atomic E-state index is -0.334. The summed E-state index contributed by atoms with van der Waals surface area (Å²) in [6.07, 6.45) is 5.50. The van der Waals surface area contributed by atoms with E-state index >= 15 is 0 Å². The van der Waals surface area contributed by atoms with Crippen LogP contribution in [0.2, 0.25) is 0 Å². The van der Waals surface area contributed by atoms with Crippen LogP contribution in [0.1, 0.15) is 41.9 Å². The van der Waals surface area contributed by atoms with Crippen molar-refractivity contribution in [2.75, 3.05) is 35.1 Å². The predicted molar refractivity (Wildman–Crippen MR) is 133 cm³/mol. The van der Waals surface area contributed by atoms with Crippen molar-refractivity contribution in [3.63, 3.8) is 0 Å². The molecule has 0 radical (unpaired) electrons. The molecule has 5 rings (SSSR count). The number of rotatable bonds is 3. The fourth-order valence-electron chi connectivity index (χ4n) is 4.49. The first-order valence-electron chi connectivity index (χ1n) is 10.4. The van der Waals surface area contributed by atoms with E-state index in [0.29, 0.717) is 17.2 Å². The number of thioether (sulfide) groups is 1. The molecule has 1 aromatic carbocycles. The van der Waals surface area contributed by atoms with Crippen LogP contribution in [-0.4, -0.2) is 48.2 Å². The molecule has 0 bridgehead atoms. The van der Waals surface area contributed by atoms with Gasteiger partial charge in [-0.3, -0.25) is 19.5 Å². The van der Waals surface area contributed by atoms with Crippen LogP contribution in [0.15, 0.2) is 59.8 Å². The van der Waals surface area contributed by atoms with Gasteiger partial charge in [-0.1, -0.05) is 25.6 Å². The number of aromatic nitrogens is 2. The third-order valence-electron chi connectivity index (χ3n) is 6.31. The fraction of sp³-hybridized carbons (Fsp3) is 0.280. The number of carbonyl (C=O) groups excluding carboxylic acids is 2. The second-order valence-corrected chi connectivity index (χ2v) is 8.83. The lowest BCUT2D eigenvalue weighted by Crippen LogP contribution is -2.49. The molecule has 0 fully saturated rings. The van der Waals surface area contributed by atoms with E-state index in [1.165, 1.54) is 0 Å². The average molecular weight is 462 g/mol. The number of anilines is 3. The molecule has 0 saturated carbocycles. The molecular formula is C25H27N5O2S. The molecule has 2 aliphatic rings. The van der Waals surface area contributed by atoms with Crippen molar-refractivity contribution in [1.82, 2.24) is 9.97 Å². The Morgan fingerprint density at radius 2 is 1.82 bits per heavy atom. The zero-order valence-corrected chi connectivity index (χ0v) is 19.1. The van der Waals surface area contributed by atoms with E-state index in [1.54, 1.807) is 41.0 Å². The van der Waals surface area contributed by atoms with Crippen molar-refractivity contribution in [1.29, 1.82) is 0 Å². The Balaban J connectivity index is 0.00000259. The first kappa shape index (κ1) is 22.8. The summed E-state index contributed by atoms with van der Waals surface area (Å²) in [5.74, 6) is 1.16. The van der Waals surface area contributed by atoms with Crippen molar-refractivity contribution >= 4 is 40.9 Å². The number of hydrogen-bond acceptors (Lipinski definition) is 6. The number of fused-ring (bicyclic) bond motifs is 2. The molecule has 7 nitrogen and oxygen atoms in total. The molecule has 2 atom stereocenters. The zero-order chi connectivity index (χ0) is 22.6. The quantitative estimate of drug-likeness (QED) is 0.539. The predicted octanol–water partition coefficient (Wildman–Crippen LogP) is 4.39. The van der Waals surface area contributed by atoms with Crippen LogP contribution in [0.4, 0.5) is 17.3 Å². The van der Waals surface area contributed by atoms with E-state index in [4.69, 9.17) is 4.98 Å². The largest absolute Gasteiger partial charge is 0.346 e. The minimum absolute atomic E-state index is 0. The summed E-state index contributed by atoms with van der Waals surface area (Å²) in [5.41, 5.74) is 3.31. The molecule has 8 heteroatoms. The Morgan fingerprint density at radius 3 is 2.52 bits per heavy atom. The van der Waals surface area contributed by atoms with Crippen LogP contribution in [0, 0.1) is 0 Å². The van der Waals surface area contributed by atoms with Crippen LogP contribution in [0.5, 0.6) is 0 Å². The highest BCUT2D eigenvalue weighted by molar-refractivity contribution is 7.98. The monoisotopic (exact) mass is 461 g/mol. The summed E-state index contributed by atoms with van der Waals surface area (Å²) < 4.78 is 0. The van der Waals surface area contributed by atoms with E-state index in [2.05, 4.69) is 4.98 Å². The summed E-state index contributed by atoms with van der Waals surface area (Å²) >= 11 is 1.56. The second kappa shape index (κ2) is 8.51. The summed E-state index contributed by atoms with van der Waals surface area (Å²) in [4.78, 5) is 41.7. The highest BCUT2D eigenvalue weighted by Gasteiger charge is 2.42. The molecular weight excluding hydrogens is 434 g/mol. The summed E-state index contributed by atoms with van der Waals surface area (Å²) in [5, 5.41) is 0. The van der Waals surface area contributed by atoms with Gasteiger partial charge in [0.2, 0.25) is 5.91 Å². The Labute approximate surface area is 198 Å². The molecule has 2 amide bonds. The van der Waals surface area contributed by atoms with Crippen LogP contribution >= 0.6 is 11.8 Å². The number of likely N-dealkylation sites (N-methyl/N-ethyl adjacent to an activating group) is 2. The highest BCUT2D eigenvalue weighted by atomic mass is 32.2. The normalized spacial score (nSPS) is 19.3. The Kier molecular flexibility index (Phi) is 5.88. The van der Waals surface area contributed by atoms with Gasteiger partial charge in [-0.2, -0.15) is 0 Å². The fourth-order valence-corrected chi connectivity index (χ4v) is 5.11. The Bertz CT molecular complexity index is 1230. The van der Waals surface area contributed by atoms with Gasteiger partial charge >= 0.3 is 0 Å². The lowest BCUT2D eigenvalue weighted by atomic mass is 9.99. The Morgan fingerprint density at radius 1 is 1.03 bits per heavy atom. The molecule has 1 unspecified atom stereocenters. The average Bonchev–Trinajstić information content (AvgIpc) is 3.14. The van der Waals surface area contributed by atoms with Gasteiger partial charge in [-0.05, 0) is 48.6 Å². The third-order valence-corrected chi connectivity index (χ3v) is 7.10. The molecule has 0 N–H and O–H groups in total. The van der Waals surface area contributed by atoms with Crippen molar-refractivity contribution in [2.24, 2.45) is 0 Å². The maximum absolute atomic E-state index is 13.8. The number of hydrogen-bond donors (Lipinski definition) is 0. The van der Waals surface area contributed by atoms with Crippen LogP contribution < -0.4 is 14.7 Å². The van der Waals surface area contributed by atoms with E-state index < -0.39 is 0 Å². The van der Waals surface area contributed by atoms with Gasteiger partial charge < -0.3 is 9.80 Å². The molecule has 4 heterocycles. The van der Waals surface area contributed by atoms with Crippen molar-refractivity contribution in [3.05, 3.63) is 71.5 Å². The number of amides is 2. The molecule has 2 aliphatic heterocycles. The van der Waals surface area contributed by atoms with Crippen LogP contribution in [-0.2, 0) is 4.79 Å². The lowest BCUT2D eigenvalue weighted by molar-refractivity contribution is -0.119. The first-order chi connectivity index (χ1) is 15.4. The third kappa shape index (κ3) is 3.36. The van der Waals surface area contributed by atoms with E-state index in [9.17, 15) is 9.59 Å². The van der Waals surface area contributed by atoms with Crippen LogP contribution in [0.25, 0.3) is 0 Å². The molecule has 170 valence electrons. The zero-order valence-electron chi connectivity index (χ0n) is 18.3. The van der Waals surface area contributed by atoms with Gasteiger partial charge in [0.25, 0.3) is 5.91 Å². The van der Waals surface area contributed by atoms with Crippen molar-refractivity contribution < 1.29 is 9.59 Å². The minimum Gasteiger partial charge on any atom is -0.346 e. The molecule has 3 aromatic rings. The summed E-state index contributed by atoms with van der Waals surface area (Å²) in [6.45, 7) is 1.86. The Hall–Kier alpha value is -3.39. The summed E-state index contributed by atoms with van der Waals surface area (Å²) in [7, 11) is 3.61. The number of carbonyl (C=O) groups is 2. The summed E-state index contributed by atoms with van der Waals surface area (Å²) in [6, 6.07) is 12.9. The molecule has 2 aromatic heterocycles. The maximum atomic E-state index is 13.8. The van der Waals surface area contributed by atoms with Gasteiger partial charge in [0.1, 0.15) is 11.9 Å². The number of benzene rings is 1. The van der Waals surface area contributed by atoms with Gasteiger partial charge in [0, 0.05) is 31.4 Å². The van der Waals surface area contributed by atoms with Crippen LogP contribution in [0.3, 0.4) is 0 Å². The maximum Gasteiger partial charge on any atom is 0.261 e. The van der Waals surface area contributed by atoms with Gasteiger partial charge in [0.15, 0.2) is 5.82 Å². The number of nitrogens with zero attached hydrogens (tertiary/aromatic N) is 5. The molecule has 0 spiro atoms. The molecule has 33 heavy (non-hydrogen) atoms. The van der Waals surface area contributed by atoms with Gasteiger partial charge in [-0.25, -0.2) is 4.98 Å². The molecule has 0 saturated heterocycles. The van der Waals surface area contributed by atoms with E-state index in [0.717, 1.165) is 21.7 Å². The topological polar surface area (TPSA) is 69.6 Å². The van der Waals surface area contributed by atoms with Gasteiger partial charge in [0.05, 0.1) is 17.3 Å². The molecule has 0 aliphatic carbocycles. The van der Waals surface area contributed by atoms with Crippen molar-refractivity contribution in [2.45, 2.75) is 31.3 Å². The smallest absolute Gasteiger partial charge is 0.261 e.